The Morgan fingerprint density at radius 3 is 1.94 bits per heavy atom. The number of esters is 1. The van der Waals surface area contributed by atoms with Gasteiger partial charge in [-0.15, -0.1) is 0 Å². The fourth-order valence-electron chi connectivity index (χ4n) is 0.500. The van der Waals surface area contributed by atoms with Gasteiger partial charge in [0.2, 0.25) is 0 Å². The molecule has 0 rings (SSSR count). The van der Waals surface area contributed by atoms with Crippen molar-refractivity contribution in [2.24, 2.45) is 11.1 Å². The minimum atomic E-state index is -0.516. The van der Waals surface area contributed by atoms with Crippen LogP contribution in [-0.2, 0) is 9.53 Å². The minimum Gasteiger partial charge on any atom is -0.464 e. The van der Waals surface area contributed by atoms with E-state index in [2.05, 4.69) is 34.6 Å². The number of nitrogens with two attached hydrogens (primary N) is 1. The van der Waals surface area contributed by atoms with Crippen molar-refractivity contribution in [2.75, 3.05) is 6.61 Å². The summed E-state index contributed by atoms with van der Waals surface area (Å²) in [6, 6.07) is -0.516. The Labute approximate surface area is 101 Å². The minimum absolute atomic E-state index is 0.0601. The molecule has 0 heterocycles. The van der Waals surface area contributed by atoms with E-state index < -0.39 is 6.04 Å². The highest BCUT2D eigenvalue weighted by molar-refractivity contribution is 5.74. The zero-order valence-corrected chi connectivity index (χ0v) is 11.8. The maximum atomic E-state index is 11.0. The van der Waals surface area contributed by atoms with Crippen LogP contribution in [0.4, 0.5) is 0 Å². The van der Waals surface area contributed by atoms with E-state index in [0.29, 0.717) is 6.61 Å². The van der Waals surface area contributed by atoms with Crippen LogP contribution >= 0.6 is 0 Å². The first kappa shape index (κ1) is 17.8. The van der Waals surface area contributed by atoms with Crippen LogP contribution in [0.5, 0.6) is 0 Å². The summed E-state index contributed by atoms with van der Waals surface area (Å²) < 4.78 is 5.00. The van der Waals surface area contributed by atoms with E-state index in [1.165, 1.54) is 12.8 Å². The van der Waals surface area contributed by atoms with E-state index in [0.717, 1.165) is 6.42 Å². The molecule has 0 bridgehead atoms. The van der Waals surface area contributed by atoms with Gasteiger partial charge in [-0.1, -0.05) is 47.5 Å². The van der Waals surface area contributed by atoms with Gasteiger partial charge in [0.1, 0.15) is 6.04 Å². The van der Waals surface area contributed by atoms with E-state index in [9.17, 15) is 4.79 Å². The van der Waals surface area contributed by atoms with Gasteiger partial charge < -0.3 is 10.5 Å². The predicted molar refractivity (Wildman–Crippen MR) is 69.3 cm³/mol. The van der Waals surface area contributed by atoms with Crippen LogP contribution in [0.25, 0.3) is 0 Å². The first-order valence-electron chi connectivity index (χ1n) is 6.22. The van der Waals surface area contributed by atoms with Crippen LogP contribution in [0.2, 0.25) is 0 Å². The highest BCUT2D eigenvalue weighted by Gasteiger charge is 2.18. The second-order valence-electron chi connectivity index (χ2n) is 4.91. The Hall–Kier alpha value is -0.570. The van der Waals surface area contributed by atoms with E-state index in [4.69, 9.17) is 10.5 Å². The van der Waals surface area contributed by atoms with Gasteiger partial charge >= 0.3 is 5.97 Å². The molecule has 3 heteroatoms. The Morgan fingerprint density at radius 1 is 1.25 bits per heavy atom. The van der Waals surface area contributed by atoms with Gasteiger partial charge in [-0.25, -0.2) is 0 Å². The maximum Gasteiger partial charge on any atom is 0.322 e. The molecule has 0 aliphatic carbocycles. The molecule has 0 saturated carbocycles. The molecule has 0 spiro atoms. The van der Waals surface area contributed by atoms with Crippen LogP contribution in [0.15, 0.2) is 0 Å². The number of ether oxygens (including phenoxy) is 1. The number of carbonyl (C=O) groups excluding carboxylic acids is 1. The normalized spacial score (nSPS) is 12.4. The smallest absolute Gasteiger partial charge is 0.322 e. The molecular formula is C13H29NO2. The Kier molecular flexibility index (Phi) is 10.7. The maximum absolute atomic E-state index is 11.0. The summed E-state index contributed by atoms with van der Waals surface area (Å²) in [6.45, 7) is 12.6. The summed E-state index contributed by atoms with van der Waals surface area (Å²) >= 11 is 0. The molecule has 0 aromatic rings. The number of hydrogen-bond acceptors (Lipinski definition) is 3. The van der Waals surface area contributed by atoms with Gasteiger partial charge in [-0.05, 0) is 18.8 Å². The van der Waals surface area contributed by atoms with E-state index in [-0.39, 0.29) is 11.4 Å². The molecule has 0 aromatic heterocycles. The summed E-state index contributed by atoms with van der Waals surface area (Å²) in [5.41, 5.74) is 5.39. The third-order valence-corrected chi connectivity index (χ3v) is 2.43. The monoisotopic (exact) mass is 231 g/mol. The third-order valence-electron chi connectivity index (χ3n) is 2.43. The van der Waals surface area contributed by atoms with E-state index in [1.807, 2.05) is 0 Å². The zero-order chi connectivity index (χ0) is 13.2. The van der Waals surface area contributed by atoms with Gasteiger partial charge in [0, 0.05) is 0 Å². The average Bonchev–Trinajstić information content (AvgIpc) is 2.26. The topological polar surface area (TPSA) is 52.3 Å². The van der Waals surface area contributed by atoms with Crippen molar-refractivity contribution in [3.05, 3.63) is 0 Å². The third kappa shape index (κ3) is 11.5. The molecule has 3 nitrogen and oxygen atoms in total. The molecule has 0 aromatic carbocycles. The van der Waals surface area contributed by atoms with Crippen molar-refractivity contribution < 1.29 is 9.53 Å². The largest absolute Gasteiger partial charge is 0.464 e. The summed E-state index contributed by atoms with van der Waals surface area (Å²) in [6.07, 6.45) is 3.62. The van der Waals surface area contributed by atoms with Crippen molar-refractivity contribution in [2.45, 2.75) is 66.8 Å². The van der Waals surface area contributed by atoms with Gasteiger partial charge in [-0.3, -0.25) is 4.79 Å². The van der Waals surface area contributed by atoms with E-state index >= 15 is 0 Å². The summed E-state index contributed by atoms with van der Waals surface area (Å²) in [5.74, 6) is -0.323. The van der Waals surface area contributed by atoms with Crippen molar-refractivity contribution in [1.82, 2.24) is 0 Å². The Bertz CT molecular complexity index is 175. The SMILES string of the molecule is CCC(C)(C)COC(=O)C(C)N.CCCC. The lowest BCUT2D eigenvalue weighted by molar-refractivity contribution is -0.147. The lowest BCUT2D eigenvalue weighted by atomic mass is 9.92. The average molecular weight is 231 g/mol. The second-order valence-corrected chi connectivity index (χ2v) is 4.91. The first-order valence-corrected chi connectivity index (χ1v) is 6.22. The lowest BCUT2D eigenvalue weighted by Gasteiger charge is -2.22. The molecule has 1 unspecified atom stereocenters. The van der Waals surface area contributed by atoms with Gasteiger partial charge in [0.25, 0.3) is 0 Å². The molecule has 2 N–H and O–H groups in total. The zero-order valence-electron chi connectivity index (χ0n) is 11.8. The number of rotatable bonds is 5. The van der Waals surface area contributed by atoms with E-state index in [1.54, 1.807) is 6.92 Å². The molecule has 0 aliphatic heterocycles. The number of hydrogen-bond donors (Lipinski definition) is 1. The van der Waals surface area contributed by atoms with Crippen molar-refractivity contribution in [3.8, 4) is 0 Å². The molecular weight excluding hydrogens is 202 g/mol. The quantitative estimate of drug-likeness (QED) is 0.740. The highest BCUT2D eigenvalue weighted by atomic mass is 16.5. The molecule has 1 atom stereocenters. The Morgan fingerprint density at radius 2 is 1.69 bits per heavy atom. The molecule has 98 valence electrons. The molecule has 0 amide bonds. The lowest BCUT2D eigenvalue weighted by Crippen LogP contribution is -2.31. The van der Waals surface area contributed by atoms with Crippen molar-refractivity contribution >= 4 is 5.97 Å². The van der Waals surface area contributed by atoms with Crippen molar-refractivity contribution in [3.63, 3.8) is 0 Å². The summed E-state index contributed by atoms with van der Waals surface area (Å²) in [4.78, 5) is 11.0. The first-order chi connectivity index (χ1) is 7.30. The highest BCUT2D eigenvalue weighted by Crippen LogP contribution is 2.19. The van der Waals surface area contributed by atoms with Crippen LogP contribution in [0.1, 0.15) is 60.8 Å². The van der Waals surface area contributed by atoms with Gasteiger partial charge in [-0.2, -0.15) is 0 Å². The molecule has 0 aliphatic rings. The second kappa shape index (κ2) is 9.64. The fourth-order valence-corrected chi connectivity index (χ4v) is 0.500. The fraction of sp³-hybridized carbons (Fsp3) is 0.923. The number of carbonyl (C=O) groups is 1. The van der Waals surface area contributed by atoms with Crippen molar-refractivity contribution in [1.29, 1.82) is 0 Å². The van der Waals surface area contributed by atoms with Gasteiger partial charge in [0.05, 0.1) is 6.61 Å². The number of unbranched alkanes of at least 4 members (excludes halogenated alkanes) is 1. The summed E-state index contributed by atoms with van der Waals surface area (Å²) in [5, 5.41) is 0. The predicted octanol–water partition coefficient (Wildman–Crippen LogP) is 3.12. The summed E-state index contributed by atoms with van der Waals surface area (Å²) in [7, 11) is 0. The van der Waals surface area contributed by atoms with Gasteiger partial charge in [0.15, 0.2) is 0 Å². The molecule has 0 saturated heterocycles. The molecule has 16 heavy (non-hydrogen) atoms. The van der Waals surface area contributed by atoms with Crippen LogP contribution in [-0.4, -0.2) is 18.6 Å². The van der Waals surface area contributed by atoms with Crippen LogP contribution in [0, 0.1) is 5.41 Å². The standard InChI is InChI=1S/C9H19NO2.C4H10/c1-5-9(3,4)6-12-8(11)7(2)10;1-3-4-2/h7H,5-6,10H2,1-4H3;3-4H2,1-2H3. The molecule has 0 fully saturated rings. The Balaban J connectivity index is 0. The van der Waals surface area contributed by atoms with Crippen LogP contribution < -0.4 is 5.73 Å². The molecule has 0 radical (unpaired) electrons. The van der Waals surface area contributed by atoms with Crippen LogP contribution in [0.3, 0.4) is 0 Å².